The second kappa shape index (κ2) is 11.7. The number of ether oxygens (including phenoxy) is 1. The van der Waals surface area contributed by atoms with Gasteiger partial charge in [-0.15, -0.1) is 24.8 Å². The first-order valence-corrected chi connectivity index (χ1v) is 9.11. The minimum absolute atomic E-state index is 0. The Hall–Kier alpha value is -2.01. The molecule has 0 saturated heterocycles. The minimum atomic E-state index is -0.0765. The third-order valence-electron chi connectivity index (χ3n) is 4.54. The summed E-state index contributed by atoms with van der Waals surface area (Å²) in [4.78, 5) is 4.07. The van der Waals surface area contributed by atoms with Gasteiger partial charge in [0.2, 0.25) is 0 Å². The molecule has 0 spiro atoms. The van der Waals surface area contributed by atoms with Gasteiger partial charge in [0.25, 0.3) is 0 Å². The van der Waals surface area contributed by atoms with Gasteiger partial charge in [0.15, 0.2) is 0 Å². The van der Waals surface area contributed by atoms with Gasteiger partial charge in [-0.25, -0.2) is 4.98 Å². The topological polar surface area (TPSA) is 39.1 Å². The molecule has 0 aliphatic carbocycles. The van der Waals surface area contributed by atoms with E-state index in [0.717, 1.165) is 25.3 Å². The van der Waals surface area contributed by atoms with Gasteiger partial charge in [0.05, 0.1) is 6.33 Å². The van der Waals surface area contributed by atoms with Crippen LogP contribution in [0.25, 0.3) is 0 Å². The average Bonchev–Trinajstić information content (AvgIpc) is 3.18. The number of aromatic nitrogens is 2. The molecule has 0 radical (unpaired) electrons. The van der Waals surface area contributed by atoms with Crippen molar-refractivity contribution in [2.45, 2.75) is 39.0 Å². The Morgan fingerprint density at radius 2 is 1.71 bits per heavy atom. The molecule has 0 aliphatic heterocycles. The summed E-state index contributed by atoms with van der Waals surface area (Å²) < 4.78 is 7.98. The van der Waals surface area contributed by atoms with Gasteiger partial charge in [-0.3, -0.25) is 0 Å². The van der Waals surface area contributed by atoms with Crippen molar-refractivity contribution in [3.63, 3.8) is 0 Å². The van der Waals surface area contributed by atoms with Crippen LogP contribution in [0.5, 0.6) is 5.75 Å². The molecule has 0 saturated carbocycles. The van der Waals surface area contributed by atoms with Crippen molar-refractivity contribution in [1.82, 2.24) is 14.9 Å². The smallest absolute Gasteiger partial charge is 0.119 e. The molecular formula is C22H29Cl2N3O. The van der Waals surface area contributed by atoms with Crippen LogP contribution < -0.4 is 10.1 Å². The lowest BCUT2D eigenvalue weighted by Gasteiger charge is -2.27. The normalized spacial score (nSPS) is 10.6. The van der Waals surface area contributed by atoms with Gasteiger partial charge in [-0.05, 0) is 50.1 Å². The average molecular weight is 422 g/mol. The summed E-state index contributed by atoms with van der Waals surface area (Å²) in [6.45, 7) is 6.96. The minimum Gasteiger partial charge on any atom is -0.489 e. The maximum atomic E-state index is 5.87. The van der Waals surface area contributed by atoms with Crippen LogP contribution >= 0.6 is 24.8 Å². The zero-order chi connectivity index (χ0) is 18.2. The van der Waals surface area contributed by atoms with Crippen LogP contribution in [0.2, 0.25) is 0 Å². The molecule has 0 aliphatic rings. The largest absolute Gasteiger partial charge is 0.489 e. The van der Waals surface area contributed by atoms with Crippen LogP contribution in [0.3, 0.4) is 0 Å². The van der Waals surface area contributed by atoms with E-state index in [4.69, 9.17) is 4.74 Å². The van der Waals surface area contributed by atoms with Gasteiger partial charge < -0.3 is 14.6 Å². The van der Waals surface area contributed by atoms with E-state index in [1.165, 1.54) is 11.1 Å². The van der Waals surface area contributed by atoms with E-state index < -0.39 is 0 Å². The van der Waals surface area contributed by atoms with E-state index in [1.807, 2.05) is 49.1 Å². The molecule has 28 heavy (non-hydrogen) atoms. The van der Waals surface area contributed by atoms with Crippen LogP contribution in [0, 0.1) is 0 Å². The molecule has 0 amide bonds. The third-order valence-corrected chi connectivity index (χ3v) is 4.54. The second-order valence-electron chi connectivity index (χ2n) is 7.00. The lowest BCUT2D eigenvalue weighted by molar-refractivity contribution is 0.305. The van der Waals surface area contributed by atoms with Crippen LogP contribution in [-0.4, -0.2) is 16.1 Å². The highest BCUT2D eigenvalue weighted by Gasteiger charge is 2.19. The molecule has 152 valence electrons. The van der Waals surface area contributed by atoms with Crippen molar-refractivity contribution >= 4 is 24.8 Å². The van der Waals surface area contributed by atoms with Crippen molar-refractivity contribution < 1.29 is 4.74 Å². The Morgan fingerprint density at radius 1 is 1.00 bits per heavy atom. The zero-order valence-electron chi connectivity index (χ0n) is 16.4. The fourth-order valence-corrected chi connectivity index (χ4v) is 2.89. The van der Waals surface area contributed by atoms with Crippen molar-refractivity contribution in [3.8, 4) is 5.75 Å². The maximum Gasteiger partial charge on any atom is 0.119 e. The van der Waals surface area contributed by atoms with E-state index in [2.05, 4.69) is 53.0 Å². The van der Waals surface area contributed by atoms with Gasteiger partial charge in [-0.2, -0.15) is 0 Å². The molecule has 4 nitrogen and oxygen atoms in total. The summed E-state index contributed by atoms with van der Waals surface area (Å²) in [5.41, 5.74) is 2.36. The molecule has 1 heterocycles. The Labute approximate surface area is 180 Å². The monoisotopic (exact) mass is 421 g/mol. The Bertz CT molecular complexity index is 775. The number of hydrogen-bond donors (Lipinski definition) is 1. The van der Waals surface area contributed by atoms with E-state index in [0.29, 0.717) is 6.61 Å². The standard InChI is InChI=1S/C22H27N3O.2ClH/c1-22(2,24-13-6-15-25-16-14-23-18-25)20-9-11-21(12-10-20)26-17-19-7-4-3-5-8-19;;/h3-5,7-12,14,16,18,24H,6,13,15,17H2,1-2H3;2*1H. The molecule has 1 aromatic heterocycles. The molecular weight excluding hydrogens is 393 g/mol. The maximum absolute atomic E-state index is 5.87. The zero-order valence-corrected chi connectivity index (χ0v) is 18.0. The molecule has 3 rings (SSSR count). The van der Waals surface area contributed by atoms with Crippen molar-refractivity contribution in [1.29, 1.82) is 0 Å². The fraction of sp³-hybridized carbons (Fsp3) is 0.318. The van der Waals surface area contributed by atoms with E-state index in [1.54, 1.807) is 0 Å². The molecule has 6 heteroatoms. The lowest BCUT2D eigenvalue weighted by Crippen LogP contribution is -2.37. The first kappa shape index (κ1) is 24.0. The Balaban J connectivity index is 0.00000196. The third kappa shape index (κ3) is 7.19. The highest BCUT2D eigenvalue weighted by Crippen LogP contribution is 2.23. The number of imidazole rings is 1. The highest BCUT2D eigenvalue weighted by atomic mass is 35.5. The molecule has 0 fully saturated rings. The predicted octanol–water partition coefficient (Wildman–Crippen LogP) is 5.22. The first-order chi connectivity index (χ1) is 12.6. The summed E-state index contributed by atoms with van der Waals surface area (Å²) in [5, 5.41) is 3.64. The number of rotatable bonds is 9. The Morgan fingerprint density at radius 3 is 2.36 bits per heavy atom. The molecule has 0 atom stereocenters. The number of aryl methyl sites for hydroxylation is 1. The number of nitrogens with zero attached hydrogens (tertiary/aromatic N) is 2. The summed E-state index contributed by atoms with van der Waals surface area (Å²) in [5.74, 6) is 0.897. The van der Waals surface area contributed by atoms with Gasteiger partial charge >= 0.3 is 0 Å². The van der Waals surface area contributed by atoms with Crippen molar-refractivity contribution in [2.75, 3.05) is 6.54 Å². The number of benzene rings is 2. The highest BCUT2D eigenvalue weighted by molar-refractivity contribution is 5.85. The van der Waals surface area contributed by atoms with Gasteiger partial charge in [0, 0.05) is 24.5 Å². The Kier molecular flexibility index (Phi) is 10.1. The van der Waals surface area contributed by atoms with Gasteiger partial charge in [0.1, 0.15) is 12.4 Å². The summed E-state index contributed by atoms with van der Waals surface area (Å²) in [6, 6.07) is 18.6. The molecule has 0 bridgehead atoms. The van der Waals surface area contributed by atoms with Crippen molar-refractivity contribution in [2.24, 2.45) is 0 Å². The van der Waals surface area contributed by atoms with Crippen LogP contribution in [0.15, 0.2) is 73.3 Å². The van der Waals surface area contributed by atoms with Gasteiger partial charge in [-0.1, -0.05) is 42.5 Å². The van der Waals surface area contributed by atoms with Crippen LogP contribution in [0.1, 0.15) is 31.4 Å². The molecule has 0 unspecified atom stereocenters. The van der Waals surface area contributed by atoms with Crippen molar-refractivity contribution in [3.05, 3.63) is 84.4 Å². The van der Waals surface area contributed by atoms with E-state index in [9.17, 15) is 0 Å². The quantitative estimate of drug-likeness (QED) is 0.481. The van der Waals surface area contributed by atoms with E-state index in [-0.39, 0.29) is 30.4 Å². The van der Waals surface area contributed by atoms with E-state index >= 15 is 0 Å². The second-order valence-corrected chi connectivity index (χ2v) is 7.00. The lowest BCUT2D eigenvalue weighted by atomic mass is 9.94. The molecule has 1 N–H and O–H groups in total. The number of halogens is 2. The SMILES string of the molecule is CC(C)(NCCCn1ccnc1)c1ccc(OCc2ccccc2)cc1.Cl.Cl. The predicted molar refractivity (Wildman–Crippen MR) is 120 cm³/mol. The molecule has 3 aromatic rings. The number of nitrogens with one attached hydrogen (secondary N) is 1. The van der Waals surface area contributed by atoms with Crippen LogP contribution in [0.4, 0.5) is 0 Å². The fourth-order valence-electron chi connectivity index (χ4n) is 2.89. The summed E-state index contributed by atoms with van der Waals surface area (Å²) in [7, 11) is 0. The first-order valence-electron chi connectivity index (χ1n) is 9.11. The number of hydrogen-bond acceptors (Lipinski definition) is 3. The summed E-state index contributed by atoms with van der Waals surface area (Å²) >= 11 is 0. The summed E-state index contributed by atoms with van der Waals surface area (Å²) in [6.07, 6.45) is 6.75. The van der Waals surface area contributed by atoms with Crippen LogP contribution in [-0.2, 0) is 18.7 Å². The molecule has 2 aromatic carbocycles.